The second-order valence-corrected chi connectivity index (χ2v) is 4.60. The lowest BCUT2D eigenvalue weighted by Gasteiger charge is -2.35. The zero-order valence-corrected chi connectivity index (χ0v) is 9.68. The summed E-state index contributed by atoms with van der Waals surface area (Å²) < 4.78 is 12.8. The lowest BCUT2D eigenvalue weighted by atomic mass is 9.99. The molecular formula is C13H17FN2O. The summed E-state index contributed by atoms with van der Waals surface area (Å²) in [5.41, 5.74) is 6.91. The minimum Gasteiger partial charge on any atom is -0.327 e. The largest absolute Gasteiger partial charge is 0.327 e. The molecule has 3 nitrogen and oxygen atoms in total. The van der Waals surface area contributed by atoms with Gasteiger partial charge in [0.05, 0.1) is 6.04 Å². The quantitative estimate of drug-likeness (QED) is 0.805. The van der Waals surface area contributed by atoms with E-state index in [4.69, 9.17) is 5.73 Å². The van der Waals surface area contributed by atoms with Gasteiger partial charge in [0.15, 0.2) is 0 Å². The van der Waals surface area contributed by atoms with Gasteiger partial charge in [-0.3, -0.25) is 4.90 Å². The summed E-state index contributed by atoms with van der Waals surface area (Å²) in [6.45, 7) is 1.37. The van der Waals surface area contributed by atoms with E-state index in [2.05, 4.69) is 4.90 Å². The van der Waals surface area contributed by atoms with E-state index >= 15 is 0 Å². The maximum Gasteiger partial charge on any atom is 0.137 e. The van der Waals surface area contributed by atoms with E-state index in [9.17, 15) is 9.18 Å². The molecule has 2 atom stereocenters. The third kappa shape index (κ3) is 3.11. The van der Waals surface area contributed by atoms with Gasteiger partial charge < -0.3 is 10.5 Å². The Morgan fingerprint density at radius 2 is 2.06 bits per heavy atom. The number of rotatable bonds is 3. The number of carbonyl (C=O) groups is 1. The molecule has 0 spiro atoms. The summed E-state index contributed by atoms with van der Waals surface area (Å²) in [6, 6.07) is 6.45. The first-order valence-corrected chi connectivity index (χ1v) is 5.88. The molecule has 1 saturated heterocycles. The Bertz CT molecular complexity index is 380. The zero-order chi connectivity index (χ0) is 12.3. The van der Waals surface area contributed by atoms with Crippen molar-refractivity contribution in [3.63, 3.8) is 0 Å². The predicted molar refractivity (Wildman–Crippen MR) is 63.9 cm³/mol. The van der Waals surface area contributed by atoms with Gasteiger partial charge in [0.2, 0.25) is 0 Å². The fourth-order valence-corrected chi connectivity index (χ4v) is 2.26. The third-order valence-electron chi connectivity index (χ3n) is 3.23. The van der Waals surface area contributed by atoms with Crippen LogP contribution in [0.2, 0.25) is 0 Å². The predicted octanol–water partition coefficient (Wildman–Crippen LogP) is 1.32. The van der Waals surface area contributed by atoms with Crippen LogP contribution in [0, 0.1) is 5.82 Å². The highest BCUT2D eigenvalue weighted by Gasteiger charge is 2.25. The maximum absolute atomic E-state index is 12.8. The van der Waals surface area contributed by atoms with E-state index in [0.29, 0.717) is 6.54 Å². The first kappa shape index (κ1) is 12.2. The van der Waals surface area contributed by atoms with Crippen molar-refractivity contribution < 1.29 is 9.18 Å². The molecule has 0 aromatic heterocycles. The minimum atomic E-state index is -0.240. The first-order chi connectivity index (χ1) is 8.19. The average Bonchev–Trinajstić information content (AvgIpc) is 2.32. The standard InChI is InChI=1S/C13H17FN2O/c14-11-3-1-10(2-4-11)7-16-8-12(15)5-6-13(16)9-17/h1-4,9,12-13H,5-8,15H2. The number of halogens is 1. The molecule has 0 radical (unpaired) electrons. The van der Waals surface area contributed by atoms with Crippen LogP contribution in [0.1, 0.15) is 18.4 Å². The summed E-state index contributed by atoms with van der Waals surface area (Å²) in [6.07, 6.45) is 2.69. The van der Waals surface area contributed by atoms with E-state index in [1.165, 1.54) is 12.1 Å². The number of hydrogen-bond acceptors (Lipinski definition) is 3. The van der Waals surface area contributed by atoms with Crippen LogP contribution in [0.4, 0.5) is 4.39 Å². The molecule has 1 fully saturated rings. The molecule has 17 heavy (non-hydrogen) atoms. The molecule has 1 aliphatic rings. The lowest BCUT2D eigenvalue weighted by molar-refractivity contribution is -0.113. The number of aldehydes is 1. The van der Waals surface area contributed by atoms with Crippen LogP contribution in [-0.2, 0) is 11.3 Å². The smallest absolute Gasteiger partial charge is 0.137 e. The van der Waals surface area contributed by atoms with Gasteiger partial charge in [0, 0.05) is 19.1 Å². The van der Waals surface area contributed by atoms with Crippen molar-refractivity contribution >= 4 is 6.29 Å². The molecular weight excluding hydrogens is 219 g/mol. The van der Waals surface area contributed by atoms with Crippen molar-refractivity contribution in [1.82, 2.24) is 4.90 Å². The number of likely N-dealkylation sites (tertiary alicyclic amines) is 1. The normalized spacial score (nSPS) is 25.8. The molecule has 0 saturated carbocycles. The second-order valence-electron chi connectivity index (χ2n) is 4.60. The molecule has 1 aromatic carbocycles. The molecule has 1 aromatic rings. The van der Waals surface area contributed by atoms with Gasteiger partial charge in [-0.15, -0.1) is 0 Å². The van der Waals surface area contributed by atoms with Gasteiger partial charge >= 0.3 is 0 Å². The third-order valence-corrected chi connectivity index (χ3v) is 3.23. The van der Waals surface area contributed by atoms with Crippen LogP contribution >= 0.6 is 0 Å². The van der Waals surface area contributed by atoms with E-state index < -0.39 is 0 Å². The highest BCUT2D eigenvalue weighted by atomic mass is 19.1. The first-order valence-electron chi connectivity index (χ1n) is 5.88. The molecule has 1 aliphatic heterocycles. The van der Waals surface area contributed by atoms with Crippen LogP contribution in [-0.4, -0.2) is 29.8 Å². The van der Waals surface area contributed by atoms with Gasteiger partial charge in [-0.1, -0.05) is 12.1 Å². The topological polar surface area (TPSA) is 46.3 Å². The number of nitrogens with two attached hydrogens (primary N) is 1. The highest BCUT2D eigenvalue weighted by molar-refractivity contribution is 5.57. The number of piperidine rings is 1. The summed E-state index contributed by atoms with van der Waals surface area (Å²) in [7, 11) is 0. The van der Waals surface area contributed by atoms with E-state index in [1.54, 1.807) is 12.1 Å². The second kappa shape index (κ2) is 5.38. The van der Waals surface area contributed by atoms with Gasteiger partial charge in [-0.2, -0.15) is 0 Å². The van der Waals surface area contributed by atoms with Crippen molar-refractivity contribution in [2.24, 2.45) is 5.73 Å². The molecule has 2 rings (SSSR count). The number of carbonyl (C=O) groups excluding carboxylic acids is 1. The van der Waals surface area contributed by atoms with E-state index in [0.717, 1.165) is 31.2 Å². The van der Waals surface area contributed by atoms with Gasteiger partial charge in [-0.05, 0) is 30.5 Å². The molecule has 0 amide bonds. The Morgan fingerprint density at radius 1 is 1.35 bits per heavy atom. The molecule has 0 bridgehead atoms. The van der Waals surface area contributed by atoms with Gasteiger partial charge in [-0.25, -0.2) is 4.39 Å². The van der Waals surface area contributed by atoms with Gasteiger partial charge in [0.25, 0.3) is 0 Å². The van der Waals surface area contributed by atoms with Crippen molar-refractivity contribution in [2.45, 2.75) is 31.5 Å². The SMILES string of the molecule is NC1CCC(C=O)N(Cc2ccc(F)cc2)C1. The lowest BCUT2D eigenvalue weighted by Crippen LogP contribution is -2.48. The Labute approximate surface area is 100 Å². The maximum atomic E-state index is 12.8. The minimum absolute atomic E-state index is 0.0557. The highest BCUT2D eigenvalue weighted by Crippen LogP contribution is 2.18. The monoisotopic (exact) mass is 236 g/mol. The average molecular weight is 236 g/mol. The summed E-state index contributed by atoms with van der Waals surface area (Å²) >= 11 is 0. The molecule has 1 heterocycles. The summed E-state index contributed by atoms with van der Waals surface area (Å²) in [5, 5.41) is 0. The van der Waals surface area contributed by atoms with Crippen LogP contribution in [0.15, 0.2) is 24.3 Å². The summed E-state index contributed by atoms with van der Waals surface area (Å²) in [5.74, 6) is -0.240. The van der Waals surface area contributed by atoms with E-state index in [1.807, 2.05) is 0 Å². The van der Waals surface area contributed by atoms with Crippen molar-refractivity contribution in [1.29, 1.82) is 0 Å². The summed E-state index contributed by atoms with van der Waals surface area (Å²) in [4.78, 5) is 13.0. The van der Waals surface area contributed by atoms with Crippen LogP contribution in [0.25, 0.3) is 0 Å². The van der Waals surface area contributed by atoms with Gasteiger partial charge in [0.1, 0.15) is 12.1 Å². The Balaban J connectivity index is 2.04. The zero-order valence-electron chi connectivity index (χ0n) is 9.68. The molecule has 2 N–H and O–H groups in total. The number of hydrogen-bond donors (Lipinski definition) is 1. The number of benzene rings is 1. The van der Waals surface area contributed by atoms with Crippen molar-refractivity contribution in [3.8, 4) is 0 Å². The van der Waals surface area contributed by atoms with Crippen molar-refractivity contribution in [3.05, 3.63) is 35.6 Å². The Hall–Kier alpha value is -1.26. The molecule has 4 heteroatoms. The molecule has 0 aliphatic carbocycles. The van der Waals surface area contributed by atoms with E-state index in [-0.39, 0.29) is 17.9 Å². The Morgan fingerprint density at radius 3 is 2.71 bits per heavy atom. The Kier molecular flexibility index (Phi) is 3.86. The molecule has 92 valence electrons. The fourth-order valence-electron chi connectivity index (χ4n) is 2.26. The fraction of sp³-hybridized carbons (Fsp3) is 0.462. The van der Waals surface area contributed by atoms with Crippen LogP contribution in [0.5, 0.6) is 0 Å². The van der Waals surface area contributed by atoms with Crippen molar-refractivity contribution in [2.75, 3.05) is 6.54 Å². The van der Waals surface area contributed by atoms with Crippen LogP contribution < -0.4 is 5.73 Å². The number of nitrogens with zero attached hydrogens (tertiary/aromatic N) is 1. The van der Waals surface area contributed by atoms with Crippen LogP contribution in [0.3, 0.4) is 0 Å². The molecule has 2 unspecified atom stereocenters.